The lowest BCUT2D eigenvalue weighted by Crippen LogP contribution is -2.62. The van der Waals surface area contributed by atoms with Gasteiger partial charge in [0.2, 0.25) is 0 Å². The fraction of sp³-hybridized carbons (Fsp3) is 0.636. The fourth-order valence-corrected chi connectivity index (χ4v) is 6.15. The van der Waals surface area contributed by atoms with Crippen LogP contribution in [0.1, 0.15) is 37.2 Å². The molecule has 2 amide bonds. The SMILES string of the molecule is COCCOC(=O)N1CCC(C(=O)NO)(C(N2CCC(c3ccccc3)CC2)S(=O)O)CC1. The van der Waals surface area contributed by atoms with E-state index < -0.39 is 33.9 Å². The number of rotatable bonds is 8. The topological polar surface area (TPSA) is 129 Å². The number of hydrogen-bond donors (Lipinski definition) is 3. The summed E-state index contributed by atoms with van der Waals surface area (Å²) < 4.78 is 32.9. The number of nitrogens with one attached hydrogen (secondary N) is 1. The van der Waals surface area contributed by atoms with Gasteiger partial charge in [0.1, 0.15) is 12.0 Å². The highest BCUT2D eigenvalue weighted by atomic mass is 32.2. The Balaban J connectivity index is 1.71. The van der Waals surface area contributed by atoms with Crippen molar-refractivity contribution in [3.63, 3.8) is 0 Å². The van der Waals surface area contributed by atoms with Gasteiger partial charge < -0.3 is 18.9 Å². The lowest BCUT2D eigenvalue weighted by atomic mass is 9.76. The van der Waals surface area contributed by atoms with Crippen LogP contribution in [0.4, 0.5) is 4.79 Å². The first-order valence-electron chi connectivity index (χ1n) is 11.2. The fourth-order valence-electron chi connectivity index (χ4n) is 4.95. The molecule has 0 radical (unpaired) electrons. The molecular formula is C22H33N3O7S. The van der Waals surface area contributed by atoms with E-state index in [9.17, 15) is 23.6 Å². The van der Waals surface area contributed by atoms with Crippen LogP contribution in [0, 0.1) is 5.41 Å². The number of ether oxygens (including phenoxy) is 2. The van der Waals surface area contributed by atoms with Gasteiger partial charge in [-0.25, -0.2) is 14.5 Å². The second-order valence-corrected chi connectivity index (χ2v) is 9.54. The summed E-state index contributed by atoms with van der Waals surface area (Å²) in [7, 11) is 1.51. The van der Waals surface area contributed by atoms with Crippen LogP contribution in [-0.4, -0.2) is 87.6 Å². The Hall–Kier alpha value is -2.05. The van der Waals surface area contributed by atoms with Crippen molar-refractivity contribution in [3.8, 4) is 0 Å². The molecule has 1 aromatic carbocycles. The van der Waals surface area contributed by atoms with E-state index in [1.165, 1.54) is 17.6 Å². The van der Waals surface area contributed by atoms with Crippen molar-refractivity contribution in [3.05, 3.63) is 35.9 Å². The predicted molar refractivity (Wildman–Crippen MR) is 121 cm³/mol. The molecule has 2 saturated heterocycles. The Labute approximate surface area is 196 Å². The van der Waals surface area contributed by atoms with Gasteiger partial charge in [-0.1, -0.05) is 30.3 Å². The molecule has 2 heterocycles. The first-order chi connectivity index (χ1) is 15.9. The van der Waals surface area contributed by atoms with E-state index in [1.807, 2.05) is 23.1 Å². The van der Waals surface area contributed by atoms with Crippen molar-refractivity contribution in [1.82, 2.24) is 15.3 Å². The zero-order valence-corrected chi connectivity index (χ0v) is 19.7. The first-order valence-corrected chi connectivity index (χ1v) is 12.3. The largest absolute Gasteiger partial charge is 0.447 e. The normalized spacial score (nSPS) is 21.2. The molecule has 10 nitrogen and oxygen atoms in total. The third kappa shape index (κ3) is 5.90. The van der Waals surface area contributed by atoms with Gasteiger partial charge >= 0.3 is 6.09 Å². The summed E-state index contributed by atoms with van der Waals surface area (Å²) in [4.78, 5) is 28.5. The number of amides is 2. The van der Waals surface area contributed by atoms with Gasteiger partial charge in [0, 0.05) is 20.2 Å². The van der Waals surface area contributed by atoms with E-state index in [-0.39, 0.29) is 39.1 Å². The molecular weight excluding hydrogens is 450 g/mol. The second kappa shape index (κ2) is 11.9. The van der Waals surface area contributed by atoms with E-state index in [0.717, 1.165) is 12.8 Å². The van der Waals surface area contributed by atoms with Gasteiger partial charge in [-0.15, -0.1) is 0 Å². The molecule has 2 unspecified atom stereocenters. The molecule has 2 aliphatic heterocycles. The molecule has 184 valence electrons. The maximum Gasteiger partial charge on any atom is 0.409 e. The molecule has 2 atom stereocenters. The number of carbonyl (C=O) groups is 2. The minimum atomic E-state index is -2.34. The van der Waals surface area contributed by atoms with Gasteiger partial charge in [0.15, 0.2) is 11.1 Å². The zero-order chi connectivity index (χ0) is 23.8. The summed E-state index contributed by atoms with van der Waals surface area (Å²) in [6.07, 6.45) is 1.34. The molecule has 2 aliphatic rings. The Morgan fingerprint density at radius 2 is 1.79 bits per heavy atom. The Morgan fingerprint density at radius 1 is 1.15 bits per heavy atom. The highest BCUT2D eigenvalue weighted by molar-refractivity contribution is 7.79. The molecule has 2 fully saturated rings. The first kappa shape index (κ1) is 25.6. The monoisotopic (exact) mass is 483 g/mol. The van der Waals surface area contributed by atoms with Crippen LogP contribution in [0.3, 0.4) is 0 Å². The summed E-state index contributed by atoms with van der Waals surface area (Å²) in [5.74, 6) is -0.353. The molecule has 0 bridgehead atoms. The van der Waals surface area contributed by atoms with Crippen LogP contribution in [-0.2, 0) is 25.3 Å². The molecule has 1 aromatic rings. The standard InChI is InChI=1S/C22H33N3O7S/c1-31-15-16-32-21(27)25-13-9-22(10-14-25,19(26)23-28)20(33(29)30)24-11-7-18(8-12-24)17-5-3-2-4-6-17/h2-6,18,20,28H,7-16H2,1H3,(H,23,26)(H,29,30). The third-order valence-corrected chi connectivity index (χ3v) is 7.91. The van der Waals surface area contributed by atoms with Crippen molar-refractivity contribution < 1.29 is 33.0 Å². The van der Waals surface area contributed by atoms with E-state index in [1.54, 1.807) is 5.48 Å². The van der Waals surface area contributed by atoms with Crippen LogP contribution in [0.15, 0.2) is 30.3 Å². The molecule has 0 aliphatic carbocycles. The second-order valence-electron chi connectivity index (χ2n) is 8.54. The van der Waals surface area contributed by atoms with Crippen molar-refractivity contribution >= 4 is 23.1 Å². The number of likely N-dealkylation sites (tertiary alicyclic amines) is 2. The van der Waals surface area contributed by atoms with Crippen LogP contribution in [0.5, 0.6) is 0 Å². The third-order valence-electron chi connectivity index (χ3n) is 6.78. The van der Waals surface area contributed by atoms with Gasteiger partial charge in [0.05, 0.1) is 12.0 Å². The maximum absolute atomic E-state index is 12.9. The number of hydroxylamine groups is 1. The number of benzene rings is 1. The zero-order valence-electron chi connectivity index (χ0n) is 18.9. The predicted octanol–water partition coefficient (Wildman–Crippen LogP) is 1.78. The molecule has 3 rings (SSSR count). The summed E-state index contributed by atoms with van der Waals surface area (Å²) in [6.45, 7) is 1.86. The molecule has 0 saturated carbocycles. The lowest BCUT2D eigenvalue weighted by molar-refractivity contribution is -0.146. The molecule has 11 heteroatoms. The number of piperidine rings is 2. The van der Waals surface area contributed by atoms with E-state index >= 15 is 0 Å². The van der Waals surface area contributed by atoms with Crippen LogP contribution >= 0.6 is 0 Å². The van der Waals surface area contributed by atoms with E-state index in [2.05, 4.69) is 12.1 Å². The number of nitrogens with zero attached hydrogens (tertiary/aromatic N) is 2. The van der Waals surface area contributed by atoms with Crippen molar-refractivity contribution in [2.24, 2.45) is 5.41 Å². The van der Waals surface area contributed by atoms with Gasteiger partial charge in [-0.2, -0.15) is 0 Å². The van der Waals surface area contributed by atoms with Gasteiger partial charge in [0.25, 0.3) is 5.91 Å². The number of carbonyl (C=O) groups excluding carboxylic acids is 2. The molecule has 3 N–H and O–H groups in total. The molecule has 0 aromatic heterocycles. The average molecular weight is 484 g/mol. The van der Waals surface area contributed by atoms with Crippen LogP contribution in [0.25, 0.3) is 0 Å². The summed E-state index contributed by atoms with van der Waals surface area (Å²) in [5.41, 5.74) is 1.64. The highest BCUT2D eigenvalue weighted by Crippen LogP contribution is 2.41. The average Bonchev–Trinajstić information content (AvgIpc) is 2.85. The number of methoxy groups -OCH3 is 1. The Kier molecular flexibility index (Phi) is 9.21. The summed E-state index contributed by atoms with van der Waals surface area (Å²) in [6, 6.07) is 10.2. The van der Waals surface area contributed by atoms with Gasteiger partial charge in [-0.05, 0) is 50.3 Å². The van der Waals surface area contributed by atoms with Crippen LogP contribution < -0.4 is 5.48 Å². The lowest BCUT2D eigenvalue weighted by Gasteiger charge is -2.48. The molecule has 0 spiro atoms. The quantitative estimate of drug-likeness (QED) is 0.221. The van der Waals surface area contributed by atoms with Crippen molar-refractivity contribution in [2.75, 3.05) is 46.5 Å². The maximum atomic E-state index is 12.9. The van der Waals surface area contributed by atoms with E-state index in [0.29, 0.717) is 19.0 Å². The van der Waals surface area contributed by atoms with Crippen LogP contribution in [0.2, 0.25) is 0 Å². The smallest absolute Gasteiger partial charge is 0.409 e. The van der Waals surface area contributed by atoms with Crippen molar-refractivity contribution in [2.45, 2.75) is 37.0 Å². The number of hydrogen-bond acceptors (Lipinski definition) is 7. The van der Waals surface area contributed by atoms with Crippen molar-refractivity contribution in [1.29, 1.82) is 0 Å². The summed E-state index contributed by atoms with van der Waals surface area (Å²) in [5, 5.41) is 8.48. The highest BCUT2D eigenvalue weighted by Gasteiger charge is 2.53. The summed E-state index contributed by atoms with van der Waals surface area (Å²) >= 11 is -2.34. The Bertz CT molecular complexity index is 809. The Morgan fingerprint density at radius 3 is 2.33 bits per heavy atom. The van der Waals surface area contributed by atoms with E-state index in [4.69, 9.17) is 9.47 Å². The minimum absolute atomic E-state index is 0.119. The van der Waals surface area contributed by atoms with Gasteiger partial charge in [-0.3, -0.25) is 14.9 Å². The minimum Gasteiger partial charge on any atom is -0.447 e. The molecule has 33 heavy (non-hydrogen) atoms.